The number of methoxy groups -OCH3 is 2. The van der Waals surface area contributed by atoms with Gasteiger partial charge in [0, 0.05) is 5.69 Å². The number of ether oxygens (including phenoxy) is 2. The summed E-state index contributed by atoms with van der Waals surface area (Å²) < 4.78 is 36.8. The quantitative estimate of drug-likeness (QED) is 0.624. The molecule has 0 aliphatic rings. The average Bonchev–Trinajstić information content (AvgIpc) is 2.67. The number of rotatable bonds is 8. The molecular weight excluding hydrogens is 408 g/mol. The highest BCUT2D eigenvalue weighted by Crippen LogP contribution is 2.27. The number of carbonyl (C=O) groups excluding carboxylic acids is 2. The predicted molar refractivity (Wildman–Crippen MR) is 104 cm³/mol. The summed E-state index contributed by atoms with van der Waals surface area (Å²) in [6.07, 6.45) is 0.0398. The molecule has 2 N–H and O–H groups in total. The molecule has 0 heterocycles. The minimum absolute atomic E-state index is 0.00966. The monoisotopic (exact) mass is 426 g/mol. The number of anilines is 1. The molecule has 2 aromatic carbocycles. The van der Waals surface area contributed by atoms with Crippen molar-refractivity contribution in [3.63, 3.8) is 0 Å². The molecule has 1 amide bonds. The molecule has 8 nitrogen and oxygen atoms in total. The van der Waals surface area contributed by atoms with Gasteiger partial charge in [-0.1, -0.05) is 23.7 Å². The highest BCUT2D eigenvalue weighted by Gasteiger charge is 2.16. The Labute approximate surface area is 167 Å². The molecule has 0 saturated carbocycles. The molecule has 0 spiro atoms. The van der Waals surface area contributed by atoms with Crippen LogP contribution in [0.25, 0.3) is 0 Å². The van der Waals surface area contributed by atoms with E-state index in [9.17, 15) is 18.0 Å². The van der Waals surface area contributed by atoms with Gasteiger partial charge < -0.3 is 14.8 Å². The van der Waals surface area contributed by atoms with E-state index in [1.165, 1.54) is 44.6 Å². The van der Waals surface area contributed by atoms with Crippen molar-refractivity contribution in [2.75, 3.05) is 25.5 Å². The Morgan fingerprint density at radius 2 is 1.75 bits per heavy atom. The molecule has 0 saturated heterocycles. The lowest BCUT2D eigenvalue weighted by Crippen LogP contribution is -2.31. The first-order chi connectivity index (χ1) is 13.2. The number of nitrogens with one attached hydrogen (secondary N) is 2. The van der Waals surface area contributed by atoms with E-state index in [0.717, 1.165) is 0 Å². The second-order valence-electron chi connectivity index (χ2n) is 5.63. The summed E-state index contributed by atoms with van der Waals surface area (Å²) in [7, 11) is -1.17. The molecule has 2 rings (SSSR count). The van der Waals surface area contributed by atoms with Crippen LogP contribution in [0.2, 0.25) is 5.02 Å². The number of amides is 1. The number of hydrogen-bond acceptors (Lipinski definition) is 6. The van der Waals surface area contributed by atoms with E-state index in [2.05, 4.69) is 14.8 Å². The second kappa shape index (κ2) is 9.43. The summed E-state index contributed by atoms with van der Waals surface area (Å²) in [4.78, 5) is 22.8. The maximum atomic E-state index is 12.5. The molecule has 150 valence electrons. The van der Waals surface area contributed by atoms with Crippen LogP contribution >= 0.6 is 11.6 Å². The number of hydrogen-bond donors (Lipinski definition) is 2. The van der Waals surface area contributed by atoms with Gasteiger partial charge in [-0.3, -0.25) is 14.3 Å². The molecule has 0 aliphatic heterocycles. The number of benzene rings is 2. The Bertz CT molecular complexity index is 961. The lowest BCUT2D eigenvalue weighted by atomic mass is 10.1. The van der Waals surface area contributed by atoms with Crippen molar-refractivity contribution < 1.29 is 27.5 Å². The van der Waals surface area contributed by atoms with E-state index in [4.69, 9.17) is 16.3 Å². The Balaban J connectivity index is 2.02. The molecule has 0 fully saturated rings. The molecule has 0 aromatic heterocycles. The van der Waals surface area contributed by atoms with Crippen molar-refractivity contribution >= 4 is 39.2 Å². The molecule has 0 aliphatic carbocycles. The first kappa shape index (κ1) is 21.5. The Morgan fingerprint density at radius 1 is 1.07 bits per heavy atom. The molecular formula is C18H19ClN2O6S. The van der Waals surface area contributed by atoms with Crippen molar-refractivity contribution in [3.8, 4) is 5.75 Å². The summed E-state index contributed by atoms with van der Waals surface area (Å²) in [5.41, 5.74) is 0.975. The first-order valence-corrected chi connectivity index (χ1v) is 9.90. The molecule has 2 aromatic rings. The van der Waals surface area contributed by atoms with Crippen molar-refractivity contribution in [1.82, 2.24) is 5.32 Å². The third kappa shape index (κ3) is 5.86. The fourth-order valence-electron chi connectivity index (χ4n) is 2.21. The van der Waals surface area contributed by atoms with Crippen LogP contribution in [-0.2, 0) is 30.8 Å². The standard InChI is InChI=1S/C18H19ClN2O6S/c1-26-16-8-7-14(10-15(16)19)28(24,25)21-13-5-3-12(4-6-13)9-17(22)20-11-18(23)27-2/h3-8,10,21H,9,11H2,1-2H3,(H,20,22). The van der Waals surface area contributed by atoms with Crippen LogP contribution in [0.3, 0.4) is 0 Å². The Morgan fingerprint density at radius 3 is 2.32 bits per heavy atom. The van der Waals surface area contributed by atoms with Gasteiger partial charge in [0.15, 0.2) is 0 Å². The van der Waals surface area contributed by atoms with E-state index in [0.29, 0.717) is 17.0 Å². The number of halogens is 1. The van der Waals surface area contributed by atoms with E-state index in [1.54, 1.807) is 12.1 Å². The first-order valence-electron chi connectivity index (χ1n) is 8.04. The maximum Gasteiger partial charge on any atom is 0.325 e. The molecule has 28 heavy (non-hydrogen) atoms. The zero-order chi connectivity index (χ0) is 20.7. The smallest absolute Gasteiger partial charge is 0.325 e. The lowest BCUT2D eigenvalue weighted by molar-refractivity contribution is -0.141. The van der Waals surface area contributed by atoms with E-state index in [-0.39, 0.29) is 28.8 Å². The van der Waals surface area contributed by atoms with Crippen molar-refractivity contribution in [3.05, 3.63) is 53.1 Å². The zero-order valence-electron chi connectivity index (χ0n) is 15.2. The van der Waals surface area contributed by atoms with Gasteiger partial charge in [0.05, 0.1) is 30.6 Å². The lowest BCUT2D eigenvalue weighted by Gasteiger charge is -2.10. The Kier molecular flexibility index (Phi) is 7.24. The number of carbonyl (C=O) groups is 2. The highest BCUT2D eigenvalue weighted by molar-refractivity contribution is 7.92. The van der Waals surface area contributed by atoms with Gasteiger partial charge in [0.2, 0.25) is 5.91 Å². The topological polar surface area (TPSA) is 111 Å². The predicted octanol–water partition coefficient (Wildman–Crippen LogP) is 1.98. The average molecular weight is 427 g/mol. The van der Waals surface area contributed by atoms with Gasteiger partial charge in [-0.15, -0.1) is 0 Å². The van der Waals surface area contributed by atoms with E-state index < -0.39 is 16.0 Å². The third-order valence-corrected chi connectivity index (χ3v) is 5.34. The molecule has 0 unspecified atom stereocenters. The van der Waals surface area contributed by atoms with Gasteiger partial charge in [0.25, 0.3) is 10.0 Å². The van der Waals surface area contributed by atoms with Crippen molar-refractivity contribution in [2.24, 2.45) is 0 Å². The fourth-order valence-corrected chi connectivity index (χ4v) is 3.62. The van der Waals surface area contributed by atoms with Gasteiger partial charge >= 0.3 is 5.97 Å². The number of sulfonamides is 1. The molecule has 10 heteroatoms. The van der Waals surface area contributed by atoms with Crippen LogP contribution in [0, 0.1) is 0 Å². The third-order valence-electron chi connectivity index (χ3n) is 3.66. The minimum Gasteiger partial charge on any atom is -0.495 e. The van der Waals surface area contributed by atoms with E-state index in [1.807, 2.05) is 0 Å². The summed E-state index contributed by atoms with van der Waals surface area (Å²) in [5, 5.41) is 2.60. The van der Waals surface area contributed by atoms with Crippen LogP contribution < -0.4 is 14.8 Å². The largest absolute Gasteiger partial charge is 0.495 e. The van der Waals surface area contributed by atoms with Crippen LogP contribution in [0.1, 0.15) is 5.56 Å². The van der Waals surface area contributed by atoms with E-state index >= 15 is 0 Å². The van der Waals surface area contributed by atoms with Crippen LogP contribution in [0.5, 0.6) is 5.75 Å². The SMILES string of the molecule is COC(=O)CNC(=O)Cc1ccc(NS(=O)(=O)c2ccc(OC)c(Cl)c2)cc1. The summed E-state index contributed by atoms with van der Waals surface area (Å²) in [6.45, 7) is -0.211. The molecule has 0 radical (unpaired) electrons. The van der Waals surface area contributed by atoms with Crippen LogP contribution in [0.4, 0.5) is 5.69 Å². The van der Waals surface area contributed by atoms with Crippen LogP contribution in [0.15, 0.2) is 47.4 Å². The van der Waals surface area contributed by atoms with Gasteiger partial charge in [-0.25, -0.2) is 8.42 Å². The summed E-state index contributed by atoms with van der Waals surface area (Å²) in [5.74, 6) is -0.529. The summed E-state index contributed by atoms with van der Waals surface area (Å²) in [6, 6.07) is 10.4. The maximum absolute atomic E-state index is 12.5. The summed E-state index contributed by atoms with van der Waals surface area (Å²) >= 11 is 5.98. The van der Waals surface area contributed by atoms with Gasteiger partial charge in [0.1, 0.15) is 12.3 Å². The van der Waals surface area contributed by atoms with Gasteiger partial charge in [-0.2, -0.15) is 0 Å². The van der Waals surface area contributed by atoms with Crippen molar-refractivity contribution in [1.29, 1.82) is 0 Å². The zero-order valence-corrected chi connectivity index (χ0v) is 16.8. The number of esters is 1. The van der Waals surface area contributed by atoms with Crippen LogP contribution in [-0.4, -0.2) is 41.1 Å². The van der Waals surface area contributed by atoms with Crippen molar-refractivity contribution in [2.45, 2.75) is 11.3 Å². The molecule has 0 bridgehead atoms. The highest BCUT2D eigenvalue weighted by atomic mass is 35.5. The fraction of sp³-hybridized carbons (Fsp3) is 0.222. The van der Waals surface area contributed by atoms with Gasteiger partial charge in [-0.05, 0) is 35.9 Å². The molecule has 0 atom stereocenters. The normalized spacial score (nSPS) is 10.8. The second-order valence-corrected chi connectivity index (χ2v) is 7.72. The Hall–Kier alpha value is -2.78. The minimum atomic E-state index is -3.84.